The summed E-state index contributed by atoms with van der Waals surface area (Å²) < 4.78 is 11.9. The monoisotopic (exact) mass is 450 g/mol. The van der Waals surface area contributed by atoms with Gasteiger partial charge >= 0.3 is 6.09 Å². The van der Waals surface area contributed by atoms with Crippen molar-refractivity contribution in [3.63, 3.8) is 0 Å². The highest BCUT2D eigenvalue weighted by molar-refractivity contribution is 5.89. The molecule has 2 aromatic carbocycles. The molecule has 0 radical (unpaired) electrons. The number of benzene rings is 2. The molecule has 2 fully saturated rings. The molecule has 2 saturated heterocycles. The van der Waals surface area contributed by atoms with Gasteiger partial charge in [-0.2, -0.15) is 0 Å². The van der Waals surface area contributed by atoms with Crippen molar-refractivity contribution < 1.29 is 19.1 Å². The van der Waals surface area contributed by atoms with E-state index in [2.05, 4.69) is 0 Å². The van der Waals surface area contributed by atoms with E-state index in [1.807, 2.05) is 91.2 Å². The van der Waals surface area contributed by atoms with Gasteiger partial charge in [-0.1, -0.05) is 60.7 Å². The first-order valence-electron chi connectivity index (χ1n) is 11.8. The van der Waals surface area contributed by atoms with Gasteiger partial charge in [-0.15, -0.1) is 0 Å². The third-order valence-corrected chi connectivity index (χ3v) is 6.24. The lowest BCUT2D eigenvalue weighted by atomic mass is 9.84. The lowest BCUT2D eigenvalue weighted by Crippen LogP contribution is -2.72. The van der Waals surface area contributed by atoms with Crippen LogP contribution in [-0.2, 0) is 27.4 Å². The van der Waals surface area contributed by atoms with Crippen LogP contribution < -0.4 is 0 Å². The van der Waals surface area contributed by atoms with Gasteiger partial charge in [-0.25, -0.2) is 4.79 Å². The first-order valence-corrected chi connectivity index (χ1v) is 11.8. The Kier molecular flexibility index (Phi) is 7.03. The predicted molar refractivity (Wildman–Crippen MR) is 126 cm³/mol. The van der Waals surface area contributed by atoms with Crippen LogP contribution in [0.1, 0.15) is 51.2 Å². The van der Waals surface area contributed by atoms with Crippen molar-refractivity contribution >= 4 is 12.0 Å². The molecule has 0 spiro atoms. The van der Waals surface area contributed by atoms with E-state index < -0.39 is 11.7 Å². The van der Waals surface area contributed by atoms with Gasteiger partial charge in [-0.05, 0) is 51.2 Å². The molecule has 3 atom stereocenters. The Hall–Kier alpha value is -2.86. The predicted octanol–water partition coefficient (Wildman–Crippen LogP) is 4.77. The van der Waals surface area contributed by atoms with Gasteiger partial charge in [0.1, 0.15) is 5.60 Å². The average molecular weight is 451 g/mol. The molecule has 2 aliphatic rings. The van der Waals surface area contributed by atoms with Gasteiger partial charge in [0.05, 0.1) is 18.7 Å². The largest absolute Gasteiger partial charge is 0.444 e. The zero-order valence-corrected chi connectivity index (χ0v) is 19.8. The Morgan fingerprint density at radius 1 is 0.970 bits per heavy atom. The van der Waals surface area contributed by atoms with Crippen molar-refractivity contribution in [1.82, 2.24) is 9.80 Å². The summed E-state index contributed by atoms with van der Waals surface area (Å²) in [6, 6.07) is 19.5. The molecule has 2 aliphatic heterocycles. The number of ether oxygens (including phenoxy) is 2. The second-order valence-corrected chi connectivity index (χ2v) is 9.90. The second-order valence-electron chi connectivity index (χ2n) is 9.90. The fourth-order valence-corrected chi connectivity index (χ4v) is 4.70. The molecule has 2 heterocycles. The van der Waals surface area contributed by atoms with E-state index in [1.54, 1.807) is 0 Å². The minimum atomic E-state index is -0.568. The fraction of sp³-hybridized carbons (Fsp3) is 0.481. The van der Waals surface area contributed by atoms with Gasteiger partial charge in [-0.3, -0.25) is 4.79 Å². The number of nitrogens with zero attached hydrogens (tertiary/aromatic N) is 2. The molecule has 176 valence electrons. The number of likely N-dealkylation sites (tertiary alicyclic amines) is 2. The third kappa shape index (κ3) is 5.56. The Morgan fingerprint density at radius 3 is 2.24 bits per heavy atom. The lowest BCUT2D eigenvalue weighted by Gasteiger charge is -2.53. The molecule has 0 aromatic heterocycles. The normalized spacial score (nSPS) is 23.2. The summed E-state index contributed by atoms with van der Waals surface area (Å²) in [4.78, 5) is 30.0. The van der Waals surface area contributed by atoms with Gasteiger partial charge in [0.25, 0.3) is 5.91 Å². The minimum absolute atomic E-state index is 0.0190. The first-order chi connectivity index (χ1) is 15.8. The average Bonchev–Trinajstić information content (AvgIpc) is 2.80. The van der Waals surface area contributed by atoms with Crippen LogP contribution in [0, 0.1) is 0 Å². The summed E-state index contributed by atoms with van der Waals surface area (Å²) in [6.07, 6.45) is 1.90. The molecule has 6 heteroatoms. The van der Waals surface area contributed by atoms with Crippen LogP contribution in [0.25, 0.3) is 0 Å². The molecular formula is C27H34N2O4. The number of β-lactam (4-membered cyclic amide) rings is 1. The second kappa shape index (κ2) is 9.96. The molecule has 0 aliphatic carbocycles. The maximum atomic E-state index is 13.2. The highest BCUT2D eigenvalue weighted by Crippen LogP contribution is 2.35. The molecular weight excluding hydrogens is 416 g/mol. The Bertz CT molecular complexity index is 942. The maximum absolute atomic E-state index is 13.2. The zero-order valence-electron chi connectivity index (χ0n) is 19.8. The molecule has 0 bridgehead atoms. The molecule has 0 unspecified atom stereocenters. The number of piperidine rings is 1. The lowest BCUT2D eigenvalue weighted by molar-refractivity contribution is -0.185. The number of amides is 2. The first kappa shape index (κ1) is 23.3. The van der Waals surface area contributed by atoms with Crippen LogP contribution in [-0.4, -0.2) is 52.1 Å². The Balaban J connectivity index is 1.56. The minimum Gasteiger partial charge on any atom is -0.444 e. The third-order valence-electron chi connectivity index (χ3n) is 6.24. The van der Waals surface area contributed by atoms with Gasteiger partial charge in [0, 0.05) is 13.1 Å². The van der Waals surface area contributed by atoms with Crippen LogP contribution in [0.3, 0.4) is 0 Å². The van der Waals surface area contributed by atoms with Crippen molar-refractivity contribution in [3.8, 4) is 0 Å². The maximum Gasteiger partial charge on any atom is 0.410 e. The summed E-state index contributed by atoms with van der Waals surface area (Å²) in [7, 11) is 0. The molecule has 33 heavy (non-hydrogen) atoms. The van der Waals surface area contributed by atoms with Crippen molar-refractivity contribution in [3.05, 3.63) is 71.8 Å². The van der Waals surface area contributed by atoms with Gasteiger partial charge in [0.2, 0.25) is 0 Å². The number of rotatable bonds is 6. The summed E-state index contributed by atoms with van der Waals surface area (Å²) in [6.45, 7) is 7.15. The smallest absolute Gasteiger partial charge is 0.410 e. The van der Waals surface area contributed by atoms with E-state index in [9.17, 15) is 9.59 Å². The summed E-state index contributed by atoms with van der Waals surface area (Å²) in [5.41, 5.74) is 1.52. The summed E-state index contributed by atoms with van der Waals surface area (Å²) in [5, 5.41) is 0. The highest BCUT2D eigenvalue weighted by Gasteiger charge is 2.54. The fourth-order valence-electron chi connectivity index (χ4n) is 4.70. The van der Waals surface area contributed by atoms with E-state index in [4.69, 9.17) is 9.47 Å². The van der Waals surface area contributed by atoms with E-state index in [-0.39, 0.29) is 24.1 Å². The van der Waals surface area contributed by atoms with Crippen LogP contribution in [0.15, 0.2) is 60.7 Å². The number of carbonyl (C=O) groups is 2. The van der Waals surface area contributed by atoms with E-state index in [1.165, 1.54) is 0 Å². The van der Waals surface area contributed by atoms with Crippen LogP contribution in [0.5, 0.6) is 0 Å². The van der Waals surface area contributed by atoms with Crippen LogP contribution >= 0.6 is 0 Å². The van der Waals surface area contributed by atoms with Crippen LogP contribution in [0.4, 0.5) is 4.79 Å². The summed E-state index contributed by atoms with van der Waals surface area (Å²) >= 11 is 0. The van der Waals surface area contributed by atoms with Crippen molar-refractivity contribution in [1.29, 1.82) is 0 Å². The number of hydrogen-bond acceptors (Lipinski definition) is 4. The summed E-state index contributed by atoms with van der Waals surface area (Å²) in [5.74, 6) is -0.0190. The number of carbonyl (C=O) groups excluding carboxylic acids is 2. The molecule has 2 amide bonds. The van der Waals surface area contributed by atoms with Crippen LogP contribution in [0.2, 0.25) is 0 Å². The molecule has 0 N–H and O–H groups in total. The van der Waals surface area contributed by atoms with E-state index in [0.717, 1.165) is 30.4 Å². The topological polar surface area (TPSA) is 59.1 Å². The van der Waals surface area contributed by atoms with E-state index >= 15 is 0 Å². The van der Waals surface area contributed by atoms with Crippen molar-refractivity contribution in [2.45, 2.75) is 77.0 Å². The molecule has 4 rings (SSSR count). The SMILES string of the molecule is CC(C)(C)OC(=O)N1CCCC[C@H]1[C@@H]1[C@H](OCc2ccccc2)C(=O)N1Cc1ccccc1. The zero-order chi connectivity index (χ0) is 23.4. The van der Waals surface area contributed by atoms with Gasteiger partial charge in [0.15, 0.2) is 6.10 Å². The Labute approximate surface area is 196 Å². The van der Waals surface area contributed by atoms with Crippen molar-refractivity contribution in [2.75, 3.05) is 6.54 Å². The van der Waals surface area contributed by atoms with E-state index in [0.29, 0.717) is 19.7 Å². The molecule has 0 saturated carbocycles. The van der Waals surface area contributed by atoms with Gasteiger partial charge < -0.3 is 19.3 Å². The molecule has 2 aromatic rings. The number of hydrogen-bond donors (Lipinski definition) is 0. The highest BCUT2D eigenvalue weighted by atomic mass is 16.6. The van der Waals surface area contributed by atoms with Crippen molar-refractivity contribution in [2.24, 2.45) is 0 Å². The Morgan fingerprint density at radius 2 is 1.61 bits per heavy atom. The quantitative estimate of drug-likeness (QED) is 0.595. The standard InChI is InChI=1S/C27H34N2O4/c1-27(2,3)33-26(31)28-17-11-10-16-22(28)23-24(32-19-21-14-8-5-9-15-21)25(30)29(23)18-20-12-6-4-7-13-20/h4-9,12-15,22-24H,10-11,16-19H2,1-3H3/t22-,23+,24-/m0/s1. The molecule has 6 nitrogen and oxygen atoms in total.